The highest BCUT2D eigenvalue weighted by molar-refractivity contribution is 8.00. The second-order valence-corrected chi connectivity index (χ2v) is 6.99. The Morgan fingerprint density at radius 2 is 2.04 bits per heavy atom. The highest BCUT2D eigenvalue weighted by Gasteiger charge is 2.17. The Morgan fingerprint density at radius 1 is 1.28 bits per heavy atom. The summed E-state index contributed by atoms with van der Waals surface area (Å²) in [5, 5.41) is 10.7. The second kappa shape index (κ2) is 8.13. The molecule has 0 aliphatic carbocycles. The van der Waals surface area contributed by atoms with E-state index in [9.17, 15) is 4.79 Å². The summed E-state index contributed by atoms with van der Waals surface area (Å²) in [6.07, 6.45) is 3.38. The summed E-state index contributed by atoms with van der Waals surface area (Å²) in [7, 11) is 0. The van der Waals surface area contributed by atoms with Gasteiger partial charge in [-0.25, -0.2) is 4.98 Å². The molecule has 2 aromatic heterocycles. The fourth-order valence-electron chi connectivity index (χ4n) is 2.12. The van der Waals surface area contributed by atoms with Crippen LogP contribution in [0, 0.1) is 0 Å². The lowest BCUT2D eigenvalue weighted by Crippen LogP contribution is -2.30. The van der Waals surface area contributed by atoms with E-state index in [-0.39, 0.29) is 11.2 Å². The maximum absolute atomic E-state index is 12.3. The van der Waals surface area contributed by atoms with Crippen LogP contribution in [-0.4, -0.2) is 31.3 Å². The molecule has 3 rings (SSSR count). The molecule has 0 saturated carbocycles. The highest BCUT2D eigenvalue weighted by atomic mass is 35.5. The second-order valence-electron chi connectivity index (χ2n) is 5.27. The van der Waals surface area contributed by atoms with Crippen molar-refractivity contribution in [3.8, 4) is 11.4 Å². The molecular weight excluding hydrogens is 358 g/mol. The van der Waals surface area contributed by atoms with E-state index in [1.54, 1.807) is 18.5 Å². The van der Waals surface area contributed by atoms with Crippen LogP contribution in [0.5, 0.6) is 0 Å². The van der Waals surface area contributed by atoms with Gasteiger partial charge in [0, 0.05) is 29.5 Å². The summed E-state index contributed by atoms with van der Waals surface area (Å²) in [5.41, 5.74) is 1.78. The normalized spacial score (nSPS) is 11.9. The first kappa shape index (κ1) is 17.4. The molecule has 0 radical (unpaired) electrons. The van der Waals surface area contributed by atoms with Crippen molar-refractivity contribution in [2.45, 2.75) is 23.9 Å². The van der Waals surface area contributed by atoms with Crippen molar-refractivity contribution in [2.24, 2.45) is 0 Å². The van der Waals surface area contributed by atoms with Gasteiger partial charge in [0.2, 0.25) is 11.1 Å². The molecule has 1 atom stereocenters. The van der Waals surface area contributed by atoms with E-state index < -0.39 is 0 Å². The first-order valence-electron chi connectivity index (χ1n) is 7.64. The molecule has 0 aliphatic heterocycles. The number of nitrogens with one attached hydrogen (secondary N) is 2. The number of hydrogen-bond acceptors (Lipinski definition) is 5. The first-order chi connectivity index (χ1) is 12.1. The Morgan fingerprint density at radius 3 is 2.80 bits per heavy atom. The van der Waals surface area contributed by atoms with Gasteiger partial charge in [0.05, 0.1) is 5.25 Å². The Labute approximate surface area is 154 Å². The molecule has 8 heteroatoms. The maximum Gasteiger partial charge on any atom is 0.233 e. The Balaban J connectivity index is 1.57. The molecular formula is C17H16ClN5OS. The standard InChI is InChI=1S/C17H16ClN5OS/c1-11(16(24)20-10-13-4-2-3-5-14(13)18)25-17-21-15(22-23-17)12-6-8-19-9-7-12/h2-9,11H,10H2,1H3,(H,20,24)(H,21,22,23)/t11-/m0/s1. The molecule has 0 bridgehead atoms. The molecule has 0 aliphatic rings. The smallest absolute Gasteiger partial charge is 0.233 e. The number of rotatable bonds is 6. The SMILES string of the molecule is C[C@H](Sc1n[nH]c(-c2ccncc2)n1)C(=O)NCc1ccccc1Cl. The van der Waals surface area contributed by atoms with Crippen molar-refractivity contribution in [3.05, 3.63) is 59.4 Å². The average molecular weight is 374 g/mol. The molecule has 1 aromatic carbocycles. The summed E-state index contributed by atoms with van der Waals surface area (Å²) < 4.78 is 0. The fraction of sp³-hybridized carbons (Fsp3) is 0.176. The van der Waals surface area contributed by atoms with Crippen LogP contribution in [0.2, 0.25) is 5.02 Å². The number of nitrogens with zero attached hydrogens (tertiary/aromatic N) is 3. The fourth-order valence-corrected chi connectivity index (χ4v) is 3.07. The van der Waals surface area contributed by atoms with Crippen molar-refractivity contribution < 1.29 is 4.79 Å². The Kier molecular flexibility index (Phi) is 5.67. The van der Waals surface area contributed by atoms with Gasteiger partial charge < -0.3 is 5.32 Å². The number of benzene rings is 1. The van der Waals surface area contributed by atoms with Crippen LogP contribution >= 0.6 is 23.4 Å². The summed E-state index contributed by atoms with van der Waals surface area (Å²) in [6, 6.07) is 11.1. The third kappa shape index (κ3) is 4.58. The molecule has 2 N–H and O–H groups in total. The molecule has 2 heterocycles. The van der Waals surface area contributed by atoms with Gasteiger partial charge in [0.1, 0.15) is 0 Å². The van der Waals surface area contributed by atoms with Crippen LogP contribution in [0.3, 0.4) is 0 Å². The van der Waals surface area contributed by atoms with E-state index in [1.165, 1.54) is 11.8 Å². The van der Waals surface area contributed by atoms with E-state index in [4.69, 9.17) is 11.6 Å². The minimum atomic E-state index is -0.330. The van der Waals surface area contributed by atoms with Crippen molar-refractivity contribution in [3.63, 3.8) is 0 Å². The predicted molar refractivity (Wildman–Crippen MR) is 98.2 cm³/mol. The monoisotopic (exact) mass is 373 g/mol. The van der Waals surface area contributed by atoms with Crippen molar-refractivity contribution in [2.75, 3.05) is 0 Å². The summed E-state index contributed by atoms with van der Waals surface area (Å²) in [4.78, 5) is 20.6. The molecule has 0 unspecified atom stereocenters. The van der Waals surface area contributed by atoms with E-state index in [0.717, 1.165) is 11.1 Å². The average Bonchev–Trinajstić information content (AvgIpc) is 3.10. The Hall–Kier alpha value is -2.38. The zero-order valence-electron chi connectivity index (χ0n) is 13.4. The quantitative estimate of drug-likeness (QED) is 0.647. The highest BCUT2D eigenvalue weighted by Crippen LogP contribution is 2.22. The summed E-state index contributed by atoms with van der Waals surface area (Å²) >= 11 is 7.39. The van der Waals surface area contributed by atoms with Gasteiger partial charge in [-0.3, -0.25) is 14.9 Å². The van der Waals surface area contributed by atoms with E-state index in [1.807, 2.05) is 37.3 Å². The molecule has 0 fully saturated rings. The van der Waals surface area contributed by atoms with Gasteiger partial charge in [0.15, 0.2) is 5.82 Å². The van der Waals surface area contributed by atoms with Crippen LogP contribution in [0.4, 0.5) is 0 Å². The number of pyridine rings is 1. The van der Waals surface area contributed by atoms with Crippen molar-refractivity contribution >= 4 is 29.3 Å². The van der Waals surface area contributed by atoms with Crippen LogP contribution in [0.25, 0.3) is 11.4 Å². The minimum Gasteiger partial charge on any atom is -0.351 e. The number of thioether (sulfide) groups is 1. The Bertz CT molecular complexity index is 855. The lowest BCUT2D eigenvalue weighted by molar-refractivity contribution is -0.120. The van der Waals surface area contributed by atoms with Crippen LogP contribution in [0.15, 0.2) is 53.9 Å². The zero-order valence-corrected chi connectivity index (χ0v) is 15.0. The number of halogens is 1. The van der Waals surface area contributed by atoms with Gasteiger partial charge in [-0.1, -0.05) is 41.6 Å². The lowest BCUT2D eigenvalue weighted by Gasteiger charge is -2.10. The molecule has 3 aromatic rings. The first-order valence-corrected chi connectivity index (χ1v) is 8.90. The van der Waals surface area contributed by atoms with Gasteiger partial charge in [-0.2, -0.15) is 0 Å². The predicted octanol–water partition coefficient (Wildman–Crippen LogP) is 3.32. The number of aromatic amines is 1. The van der Waals surface area contributed by atoms with Crippen molar-refractivity contribution in [1.29, 1.82) is 0 Å². The third-order valence-electron chi connectivity index (χ3n) is 3.48. The molecule has 0 saturated heterocycles. The number of hydrogen-bond donors (Lipinski definition) is 2. The summed E-state index contributed by atoms with van der Waals surface area (Å²) in [6.45, 7) is 2.20. The zero-order chi connectivity index (χ0) is 17.6. The number of aromatic nitrogens is 4. The van der Waals surface area contributed by atoms with E-state index in [0.29, 0.717) is 22.5 Å². The van der Waals surface area contributed by atoms with Gasteiger partial charge in [-0.15, -0.1) is 5.10 Å². The minimum absolute atomic E-state index is 0.0971. The number of carbonyl (C=O) groups is 1. The van der Waals surface area contributed by atoms with Gasteiger partial charge in [-0.05, 0) is 30.7 Å². The van der Waals surface area contributed by atoms with Gasteiger partial charge in [0.25, 0.3) is 0 Å². The number of H-pyrrole nitrogens is 1. The topological polar surface area (TPSA) is 83.6 Å². The van der Waals surface area contributed by atoms with Crippen LogP contribution in [0.1, 0.15) is 12.5 Å². The largest absolute Gasteiger partial charge is 0.351 e. The third-order valence-corrected chi connectivity index (χ3v) is 4.81. The molecule has 128 valence electrons. The van der Waals surface area contributed by atoms with Crippen molar-refractivity contribution in [1.82, 2.24) is 25.5 Å². The molecule has 0 spiro atoms. The molecule has 25 heavy (non-hydrogen) atoms. The maximum atomic E-state index is 12.3. The number of amides is 1. The molecule has 1 amide bonds. The van der Waals surface area contributed by atoms with Crippen LogP contribution in [-0.2, 0) is 11.3 Å². The summed E-state index contributed by atoms with van der Waals surface area (Å²) in [5.74, 6) is 0.550. The number of carbonyl (C=O) groups excluding carboxylic acids is 1. The van der Waals surface area contributed by atoms with E-state index in [2.05, 4.69) is 25.5 Å². The van der Waals surface area contributed by atoms with Gasteiger partial charge >= 0.3 is 0 Å². The lowest BCUT2D eigenvalue weighted by atomic mass is 10.2. The molecule has 6 nitrogen and oxygen atoms in total. The van der Waals surface area contributed by atoms with Crippen LogP contribution < -0.4 is 5.32 Å². The van der Waals surface area contributed by atoms with E-state index >= 15 is 0 Å².